The standard InChI is InChI=1S/C24H23N3O5/c1-2-11-25-24(30)27-20(28)14-32-23(29)21-17-7-3-4-8-19(17)26-22-15(9-10-18(21)22)13-16-6-5-12-31-16/h3-8,12-13H,2,9-11,14H2,1H3,(H2,25,27,28,30)/b15-13+. The van der Waals surface area contributed by atoms with Crippen LogP contribution in [0.3, 0.4) is 0 Å². The average Bonchev–Trinajstić information content (AvgIpc) is 3.45. The molecular formula is C24H23N3O5. The Balaban J connectivity index is 1.59. The molecule has 2 heterocycles. The van der Waals surface area contributed by atoms with Gasteiger partial charge in [-0.3, -0.25) is 10.1 Å². The molecule has 1 aliphatic carbocycles. The predicted molar refractivity (Wildman–Crippen MR) is 119 cm³/mol. The maximum atomic E-state index is 13.0. The van der Waals surface area contributed by atoms with E-state index >= 15 is 0 Å². The highest BCUT2D eigenvalue weighted by Crippen LogP contribution is 2.37. The van der Waals surface area contributed by atoms with Crippen LogP contribution in [0.15, 0.2) is 47.1 Å². The van der Waals surface area contributed by atoms with Crippen molar-refractivity contribution in [1.82, 2.24) is 15.6 Å². The van der Waals surface area contributed by atoms with E-state index in [1.807, 2.05) is 49.4 Å². The Bertz CT molecular complexity index is 1200. The Morgan fingerprint density at radius 2 is 2.00 bits per heavy atom. The van der Waals surface area contributed by atoms with E-state index in [1.54, 1.807) is 6.26 Å². The first-order valence-corrected chi connectivity index (χ1v) is 10.5. The van der Waals surface area contributed by atoms with E-state index in [0.29, 0.717) is 41.6 Å². The van der Waals surface area contributed by atoms with Gasteiger partial charge in [0.25, 0.3) is 5.91 Å². The van der Waals surface area contributed by atoms with Gasteiger partial charge in [0.05, 0.1) is 23.0 Å². The van der Waals surface area contributed by atoms with Gasteiger partial charge < -0.3 is 14.5 Å². The Kier molecular flexibility index (Phi) is 6.30. The minimum absolute atomic E-state index is 0.400. The highest BCUT2D eigenvalue weighted by molar-refractivity contribution is 6.07. The number of imide groups is 1. The molecule has 1 aromatic carbocycles. The van der Waals surface area contributed by atoms with Gasteiger partial charge in [-0.15, -0.1) is 0 Å². The van der Waals surface area contributed by atoms with Crippen LogP contribution in [-0.2, 0) is 16.0 Å². The summed E-state index contributed by atoms with van der Waals surface area (Å²) in [4.78, 5) is 41.4. The highest BCUT2D eigenvalue weighted by Gasteiger charge is 2.28. The van der Waals surface area contributed by atoms with E-state index in [2.05, 4.69) is 10.6 Å². The number of ether oxygens (including phenoxy) is 1. The molecule has 2 aromatic heterocycles. The first kappa shape index (κ1) is 21.3. The molecule has 8 heteroatoms. The van der Waals surface area contributed by atoms with E-state index in [0.717, 1.165) is 23.3 Å². The molecule has 0 saturated carbocycles. The van der Waals surface area contributed by atoms with Crippen LogP contribution >= 0.6 is 0 Å². The molecule has 0 aliphatic heterocycles. The number of hydrogen-bond acceptors (Lipinski definition) is 6. The largest absolute Gasteiger partial charge is 0.465 e. The summed E-state index contributed by atoms with van der Waals surface area (Å²) in [5, 5.41) is 5.34. The van der Waals surface area contributed by atoms with Crippen LogP contribution in [0.2, 0.25) is 0 Å². The van der Waals surface area contributed by atoms with Crippen LogP contribution in [0.4, 0.5) is 4.79 Å². The van der Waals surface area contributed by atoms with E-state index in [9.17, 15) is 14.4 Å². The summed E-state index contributed by atoms with van der Waals surface area (Å²) in [7, 11) is 0. The quantitative estimate of drug-likeness (QED) is 0.574. The molecule has 0 spiro atoms. The Labute approximate surface area is 184 Å². The number of hydrogen-bond donors (Lipinski definition) is 2. The lowest BCUT2D eigenvalue weighted by Crippen LogP contribution is -2.41. The van der Waals surface area contributed by atoms with Gasteiger partial charge in [-0.25, -0.2) is 14.6 Å². The number of carbonyl (C=O) groups is 3. The molecule has 0 bridgehead atoms. The molecule has 2 N–H and O–H groups in total. The highest BCUT2D eigenvalue weighted by atomic mass is 16.5. The number of amides is 3. The number of aromatic nitrogens is 1. The fourth-order valence-corrected chi connectivity index (χ4v) is 3.71. The van der Waals surface area contributed by atoms with Crippen molar-refractivity contribution < 1.29 is 23.5 Å². The zero-order valence-electron chi connectivity index (χ0n) is 17.6. The van der Waals surface area contributed by atoms with Crippen LogP contribution in [0.5, 0.6) is 0 Å². The summed E-state index contributed by atoms with van der Waals surface area (Å²) in [6.45, 7) is 1.79. The van der Waals surface area contributed by atoms with Crippen molar-refractivity contribution >= 4 is 40.5 Å². The van der Waals surface area contributed by atoms with E-state index < -0.39 is 24.5 Å². The van der Waals surface area contributed by atoms with Gasteiger partial charge in [0, 0.05) is 11.9 Å². The van der Waals surface area contributed by atoms with Crippen molar-refractivity contribution in [2.24, 2.45) is 0 Å². The molecule has 164 valence electrons. The number of esters is 1. The number of para-hydroxylation sites is 1. The Morgan fingerprint density at radius 3 is 2.78 bits per heavy atom. The van der Waals surface area contributed by atoms with Crippen LogP contribution in [-0.4, -0.2) is 36.0 Å². The molecular weight excluding hydrogens is 410 g/mol. The van der Waals surface area contributed by atoms with Crippen LogP contribution in [0.25, 0.3) is 22.6 Å². The molecule has 8 nitrogen and oxygen atoms in total. The molecule has 32 heavy (non-hydrogen) atoms. The molecule has 0 radical (unpaired) electrons. The van der Waals surface area contributed by atoms with Crippen molar-refractivity contribution in [2.45, 2.75) is 26.2 Å². The van der Waals surface area contributed by atoms with Gasteiger partial charge in [-0.1, -0.05) is 25.1 Å². The summed E-state index contributed by atoms with van der Waals surface area (Å²) >= 11 is 0. The molecule has 0 unspecified atom stereocenters. The molecule has 3 aromatic rings. The first-order chi connectivity index (χ1) is 15.6. The number of allylic oxidation sites excluding steroid dienone is 1. The minimum atomic E-state index is -0.694. The summed E-state index contributed by atoms with van der Waals surface area (Å²) in [5.41, 5.74) is 3.55. The van der Waals surface area contributed by atoms with Crippen molar-refractivity contribution in [2.75, 3.05) is 13.2 Å². The maximum Gasteiger partial charge on any atom is 0.339 e. The lowest BCUT2D eigenvalue weighted by molar-refractivity contribution is -0.123. The summed E-state index contributed by atoms with van der Waals surface area (Å²) in [6, 6.07) is 10.4. The number of furan rings is 1. The van der Waals surface area contributed by atoms with Crippen LogP contribution in [0.1, 0.15) is 47.1 Å². The second-order valence-electron chi connectivity index (χ2n) is 7.40. The van der Waals surface area contributed by atoms with E-state index in [1.165, 1.54) is 0 Å². The third kappa shape index (κ3) is 4.54. The fraction of sp³-hybridized carbons (Fsp3) is 0.250. The van der Waals surface area contributed by atoms with Crippen LogP contribution < -0.4 is 10.6 Å². The Morgan fingerprint density at radius 1 is 1.16 bits per heavy atom. The maximum absolute atomic E-state index is 13.0. The Hall–Kier alpha value is -3.94. The number of benzene rings is 1. The number of carbonyl (C=O) groups excluding carboxylic acids is 3. The smallest absolute Gasteiger partial charge is 0.339 e. The first-order valence-electron chi connectivity index (χ1n) is 10.5. The van der Waals surface area contributed by atoms with Gasteiger partial charge >= 0.3 is 12.0 Å². The number of fused-ring (bicyclic) bond motifs is 2. The molecule has 0 saturated heterocycles. The van der Waals surface area contributed by atoms with Crippen molar-refractivity contribution in [3.63, 3.8) is 0 Å². The number of nitrogens with zero attached hydrogens (tertiary/aromatic N) is 1. The van der Waals surface area contributed by atoms with Gasteiger partial charge in [0.1, 0.15) is 5.76 Å². The van der Waals surface area contributed by atoms with Crippen molar-refractivity contribution in [3.8, 4) is 0 Å². The zero-order valence-corrected chi connectivity index (χ0v) is 17.6. The number of rotatable bonds is 6. The van der Waals surface area contributed by atoms with E-state index in [4.69, 9.17) is 14.1 Å². The summed E-state index contributed by atoms with van der Waals surface area (Å²) in [5.74, 6) is -0.603. The normalized spacial score (nSPS) is 13.7. The second-order valence-corrected chi connectivity index (χ2v) is 7.40. The van der Waals surface area contributed by atoms with Crippen molar-refractivity contribution in [3.05, 3.63) is 65.2 Å². The van der Waals surface area contributed by atoms with Gasteiger partial charge in [0.15, 0.2) is 6.61 Å². The van der Waals surface area contributed by atoms with Gasteiger partial charge in [0.2, 0.25) is 0 Å². The molecule has 1 aliphatic rings. The topological polar surface area (TPSA) is 111 Å². The average molecular weight is 433 g/mol. The monoisotopic (exact) mass is 433 g/mol. The lowest BCUT2D eigenvalue weighted by atomic mass is 10.0. The van der Waals surface area contributed by atoms with Crippen LogP contribution in [0, 0.1) is 0 Å². The fourth-order valence-electron chi connectivity index (χ4n) is 3.71. The summed E-state index contributed by atoms with van der Waals surface area (Å²) in [6.07, 6.45) is 5.60. The number of urea groups is 1. The second kappa shape index (κ2) is 9.47. The molecule has 0 fully saturated rings. The third-order valence-corrected chi connectivity index (χ3v) is 5.13. The summed E-state index contributed by atoms with van der Waals surface area (Å²) < 4.78 is 10.7. The predicted octanol–water partition coefficient (Wildman–Crippen LogP) is 3.71. The third-order valence-electron chi connectivity index (χ3n) is 5.13. The number of nitrogens with one attached hydrogen (secondary N) is 2. The lowest BCUT2D eigenvalue weighted by Gasteiger charge is -2.12. The molecule has 3 amide bonds. The van der Waals surface area contributed by atoms with Crippen molar-refractivity contribution in [1.29, 1.82) is 0 Å². The van der Waals surface area contributed by atoms with Gasteiger partial charge in [-0.05, 0) is 54.7 Å². The van der Waals surface area contributed by atoms with E-state index in [-0.39, 0.29) is 0 Å². The SMILES string of the molecule is CCCNC(=O)NC(=O)COC(=O)c1c2c(nc3ccccc13)/C(=C/c1ccco1)CC2. The van der Waals surface area contributed by atoms with Gasteiger partial charge in [-0.2, -0.15) is 0 Å². The zero-order chi connectivity index (χ0) is 22.5. The molecule has 0 atom stereocenters. The molecule has 4 rings (SSSR count). The number of pyridine rings is 1. The minimum Gasteiger partial charge on any atom is -0.465 e.